The zero-order valence-corrected chi connectivity index (χ0v) is 20.0. The minimum atomic E-state index is -0.0862. The van der Waals surface area contributed by atoms with Gasteiger partial charge in [0.15, 0.2) is 0 Å². The Labute approximate surface area is 205 Å². The number of carbonyl (C=O) groups is 2. The molecule has 0 unspecified atom stereocenters. The summed E-state index contributed by atoms with van der Waals surface area (Å²) in [6.45, 7) is 3.10. The van der Waals surface area contributed by atoms with Gasteiger partial charge in [-0.3, -0.25) is 9.59 Å². The number of piperidine rings is 1. The van der Waals surface area contributed by atoms with Crippen LogP contribution >= 0.6 is 0 Å². The molecule has 1 aliphatic heterocycles. The minimum Gasteiger partial charge on any atom is -0.342 e. The minimum absolute atomic E-state index is 0.0862. The molecule has 2 heterocycles. The van der Waals surface area contributed by atoms with Crippen molar-refractivity contribution in [2.45, 2.75) is 32.6 Å². The normalized spacial score (nSPS) is 14.3. The first-order valence-electron chi connectivity index (χ1n) is 12.2. The predicted octanol–water partition coefficient (Wildman–Crippen LogP) is 5.21. The Bertz CT molecular complexity index is 1320. The molecule has 4 aromatic rings. The fraction of sp³-hybridized carbons (Fsp3) is 0.276. The molecule has 35 heavy (non-hydrogen) atoms. The van der Waals surface area contributed by atoms with Crippen LogP contribution in [0.15, 0.2) is 72.8 Å². The highest BCUT2D eigenvalue weighted by molar-refractivity contribution is 5.97. The Balaban J connectivity index is 1.21. The van der Waals surface area contributed by atoms with Crippen molar-refractivity contribution in [3.05, 3.63) is 95.3 Å². The van der Waals surface area contributed by atoms with E-state index in [1.807, 2.05) is 47.4 Å². The van der Waals surface area contributed by atoms with Crippen molar-refractivity contribution >= 4 is 28.5 Å². The average Bonchev–Trinajstić information content (AvgIpc) is 3.27. The highest BCUT2D eigenvalue weighted by atomic mass is 16.2. The average molecular weight is 467 g/mol. The molecule has 1 aromatic heterocycles. The number of H-pyrrole nitrogens is 1. The van der Waals surface area contributed by atoms with E-state index in [0.717, 1.165) is 60.5 Å². The van der Waals surface area contributed by atoms with Crippen LogP contribution in [0.4, 0.5) is 5.69 Å². The van der Waals surface area contributed by atoms with Crippen molar-refractivity contribution in [2.75, 3.05) is 18.4 Å². The van der Waals surface area contributed by atoms with E-state index in [4.69, 9.17) is 4.98 Å². The van der Waals surface area contributed by atoms with Crippen molar-refractivity contribution in [2.24, 2.45) is 5.92 Å². The molecule has 178 valence electrons. The van der Waals surface area contributed by atoms with E-state index in [2.05, 4.69) is 40.6 Å². The number of rotatable bonds is 6. The molecule has 6 heteroatoms. The van der Waals surface area contributed by atoms with Crippen LogP contribution in [-0.2, 0) is 17.6 Å². The molecule has 0 bridgehead atoms. The van der Waals surface area contributed by atoms with Crippen LogP contribution in [0.5, 0.6) is 0 Å². The third-order valence-electron chi connectivity index (χ3n) is 6.69. The van der Waals surface area contributed by atoms with Crippen LogP contribution in [0.25, 0.3) is 11.0 Å². The number of hydrogen-bond donors (Lipinski definition) is 2. The van der Waals surface area contributed by atoms with Gasteiger partial charge in [0, 0.05) is 37.7 Å². The van der Waals surface area contributed by atoms with E-state index in [-0.39, 0.29) is 11.8 Å². The van der Waals surface area contributed by atoms with Crippen molar-refractivity contribution < 1.29 is 9.59 Å². The van der Waals surface area contributed by atoms with Gasteiger partial charge in [-0.15, -0.1) is 0 Å². The maximum absolute atomic E-state index is 13.2. The van der Waals surface area contributed by atoms with Crippen LogP contribution in [-0.4, -0.2) is 39.8 Å². The molecular weight excluding hydrogens is 436 g/mol. The molecule has 0 atom stereocenters. The number of hydrogen-bond acceptors (Lipinski definition) is 3. The summed E-state index contributed by atoms with van der Waals surface area (Å²) < 4.78 is 0. The smallest absolute Gasteiger partial charge is 0.253 e. The summed E-state index contributed by atoms with van der Waals surface area (Å²) >= 11 is 0. The lowest BCUT2D eigenvalue weighted by Gasteiger charge is -2.32. The number of fused-ring (bicyclic) bond motifs is 1. The first-order valence-corrected chi connectivity index (χ1v) is 12.2. The number of nitrogens with one attached hydrogen (secondary N) is 2. The Morgan fingerprint density at radius 3 is 2.43 bits per heavy atom. The van der Waals surface area contributed by atoms with Crippen LogP contribution in [0.1, 0.15) is 47.1 Å². The molecule has 1 saturated heterocycles. The highest BCUT2D eigenvalue weighted by Crippen LogP contribution is 2.24. The molecule has 0 spiro atoms. The number of nitrogens with zero attached hydrogens (tertiary/aromatic N) is 2. The number of likely N-dealkylation sites (tertiary alicyclic amines) is 1. The second-order valence-electron chi connectivity index (χ2n) is 9.40. The predicted molar refractivity (Wildman–Crippen MR) is 138 cm³/mol. The van der Waals surface area contributed by atoms with Gasteiger partial charge < -0.3 is 15.2 Å². The number of amides is 2. The molecule has 6 nitrogen and oxygen atoms in total. The first-order chi connectivity index (χ1) is 17.0. The molecule has 1 fully saturated rings. The Hall–Kier alpha value is -3.93. The van der Waals surface area contributed by atoms with Gasteiger partial charge in [-0.05, 0) is 66.6 Å². The largest absolute Gasteiger partial charge is 0.342 e. The summed E-state index contributed by atoms with van der Waals surface area (Å²) in [6, 6.07) is 24.1. The fourth-order valence-corrected chi connectivity index (χ4v) is 4.85. The van der Waals surface area contributed by atoms with Crippen molar-refractivity contribution in [3.63, 3.8) is 0 Å². The zero-order chi connectivity index (χ0) is 24.2. The van der Waals surface area contributed by atoms with Gasteiger partial charge in [0.2, 0.25) is 5.91 Å². The standard InChI is InChI=1S/C29H30N4O2/c1-20(34)30-25-10-7-22(8-11-25)18-28-31-26-12-9-24(19-27(26)32-28)29(35)33-15-13-23(14-16-33)17-21-5-3-2-4-6-21/h2-12,19,23H,13-18H2,1H3,(H,30,34)(H,31,32). The number of carbonyl (C=O) groups excluding carboxylic acids is 2. The molecule has 1 aliphatic rings. The van der Waals surface area contributed by atoms with E-state index in [0.29, 0.717) is 17.9 Å². The third-order valence-corrected chi connectivity index (χ3v) is 6.69. The maximum Gasteiger partial charge on any atom is 0.253 e. The second-order valence-corrected chi connectivity index (χ2v) is 9.40. The Morgan fingerprint density at radius 2 is 1.71 bits per heavy atom. The van der Waals surface area contributed by atoms with Crippen LogP contribution in [0.2, 0.25) is 0 Å². The van der Waals surface area contributed by atoms with Crippen molar-refractivity contribution in [1.29, 1.82) is 0 Å². The Morgan fingerprint density at radius 1 is 0.971 bits per heavy atom. The Kier molecular flexibility index (Phi) is 6.62. The topological polar surface area (TPSA) is 78.1 Å². The number of imidazole rings is 1. The fourth-order valence-electron chi connectivity index (χ4n) is 4.85. The molecular formula is C29H30N4O2. The van der Waals surface area contributed by atoms with E-state index < -0.39 is 0 Å². The van der Waals surface area contributed by atoms with E-state index in [9.17, 15) is 9.59 Å². The lowest BCUT2D eigenvalue weighted by atomic mass is 9.90. The van der Waals surface area contributed by atoms with Gasteiger partial charge in [0.05, 0.1) is 11.0 Å². The SMILES string of the molecule is CC(=O)Nc1ccc(Cc2nc3ccc(C(=O)N4CCC(Cc5ccccc5)CC4)cc3[nH]2)cc1. The van der Waals surface area contributed by atoms with Crippen LogP contribution < -0.4 is 5.32 Å². The molecule has 0 saturated carbocycles. The van der Waals surface area contributed by atoms with E-state index in [1.54, 1.807) is 0 Å². The summed E-state index contributed by atoms with van der Waals surface area (Å²) in [5, 5.41) is 2.78. The zero-order valence-electron chi connectivity index (χ0n) is 20.0. The summed E-state index contributed by atoms with van der Waals surface area (Å²) in [4.78, 5) is 34.4. The van der Waals surface area contributed by atoms with Crippen molar-refractivity contribution in [1.82, 2.24) is 14.9 Å². The first kappa shape index (κ1) is 22.8. The summed E-state index contributed by atoms with van der Waals surface area (Å²) in [6.07, 6.45) is 3.81. The number of benzene rings is 3. The second kappa shape index (κ2) is 10.1. The molecule has 2 amide bonds. The van der Waals surface area contributed by atoms with Gasteiger partial charge >= 0.3 is 0 Å². The van der Waals surface area contributed by atoms with Crippen LogP contribution in [0.3, 0.4) is 0 Å². The van der Waals surface area contributed by atoms with E-state index in [1.165, 1.54) is 12.5 Å². The third kappa shape index (κ3) is 5.60. The van der Waals surface area contributed by atoms with Gasteiger partial charge in [0.25, 0.3) is 5.91 Å². The lowest BCUT2D eigenvalue weighted by Crippen LogP contribution is -2.38. The maximum atomic E-state index is 13.2. The molecule has 0 radical (unpaired) electrons. The lowest BCUT2D eigenvalue weighted by molar-refractivity contribution is -0.114. The van der Waals surface area contributed by atoms with Gasteiger partial charge in [0.1, 0.15) is 5.82 Å². The molecule has 5 rings (SSSR count). The molecule has 3 aromatic carbocycles. The molecule has 0 aliphatic carbocycles. The van der Waals surface area contributed by atoms with Gasteiger partial charge in [-0.2, -0.15) is 0 Å². The van der Waals surface area contributed by atoms with Crippen LogP contribution in [0, 0.1) is 5.92 Å². The summed E-state index contributed by atoms with van der Waals surface area (Å²) in [5.74, 6) is 1.48. The number of aromatic nitrogens is 2. The van der Waals surface area contributed by atoms with E-state index >= 15 is 0 Å². The number of aromatic amines is 1. The highest BCUT2D eigenvalue weighted by Gasteiger charge is 2.24. The number of anilines is 1. The van der Waals surface area contributed by atoms with Crippen molar-refractivity contribution in [3.8, 4) is 0 Å². The summed E-state index contributed by atoms with van der Waals surface area (Å²) in [7, 11) is 0. The quantitative estimate of drug-likeness (QED) is 0.410. The monoisotopic (exact) mass is 466 g/mol. The summed E-state index contributed by atoms with van der Waals surface area (Å²) in [5.41, 5.74) is 5.67. The van der Waals surface area contributed by atoms with Gasteiger partial charge in [-0.25, -0.2) is 4.98 Å². The molecule has 2 N–H and O–H groups in total. The van der Waals surface area contributed by atoms with Gasteiger partial charge in [-0.1, -0.05) is 42.5 Å².